The van der Waals surface area contributed by atoms with Crippen LogP contribution in [-0.4, -0.2) is 34.7 Å². The molecular weight excluding hydrogens is 420 g/mol. The van der Waals surface area contributed by atoms with Crippen molar-refractivity contribution in [2.45, 2.75) is 40.3 Å². The first kappa shape index (κ1) is 23.7. The number of carbonyl (C=O) groups excluding carboxylic acids is 3. The smallest absolute Gasteiger partial charge is 0.337 e. The van der Waals surface area contributed by atoms with Gasteiger partial charge in [-0.25, -0.2) is 4.79 Å². The van der Waals surface area contributed by atoms with Crippen molar-refractivity contribution in [2.75, 3.05) is 12.4 Å². The van der Waals surface area contributed by atoms with Gasteiger partial charge in [-0.3, -0.25) is 14.3 Å². The van der Waals surface area contributed by atoms with Gasteiger partial charge < -0.3 is 15.4 Å². The number of nitrogens with one attached hydrogen (secondary N) is 2. The topological polar surface area (TPSA) is 102 Å². The number of aryl methyl sites for hydroxylation is 2. The van der Waals surface area contributed by atoms with Gasteiger partial charge in [-0.1, -0.05) is 19.1 Å². The van der Waals surface area contributed by atoms with Crippen LogP contribution in [0, 0.1) is 13.8 Å². The summed E-state index contributed by atoms with van der Waals surface area (Å²) in [6.07, 6.45) is 0.310. The molecule has 0 saturated carbocycles. The molecule has 8 heteroatoms. The quantitative estimate of drug-likeness (QED) is 0.513. The van der Waals surface area contributed by atoms with E-state index in [0.717, 1.165) is 17.0 Å². The molecule has 8 nitrogen and oxygen atoms in total. The fraction of sp³-hybridized carbons (Fsp3) is 0.280. The molecule has 2 aromatic carbocycles. The van der Waals surface area contributed by atoms with Crippen LogP contribution < -0.4 is 10.6 Å². The summed E-state index contributed by atoms with van der Waals surface area (Å²) < 4.78 is 6.71. The molecule has 0 aliphatic carbocycles. The Morgan fingerprint density at radius 3 is 2.30 bits per heavy atom. The highest BCUT2D eigenvalue weighted by molar-refractivity contribution is 5.95. The summed E-state index contributed by atoms with van der Waals surface area (Å²) in [5, 5.41) is 10.1. The zero-order valence-corrected chi connectivity index (χ0v) is 19.3. The van der Waals surface area contributed by atoms with Crippen molar-refractivity contribution in [3.05, 3.63) is 82.2 Å². The van der Waals surface area contributed by atoms with E-state index in [2.05, 4.69) is 15.7 Å². The zero-order chi connectivity index (χ0) is 24.0. The maximum atomic E-state index is 12.6. The molecule has 0 bridgehead atoms. The van der Waals surface area contributed by atoms with Crippen molar-refractivity contribution in [2.24, 2.45) is 0 Å². The monoisotopic (exact) mass is 448 g/mol. The number of hydrogen-bond donors (Lipinski definition) is 2. The van der Waals surface area contributed by atoms with E-state index in [1.54, 1.807) is 37.3 Å². The lowest BCUT2D eigenvalue weighted by molar-refractivity contribution is -0.115. The number of ether oxygens (including phenoxy) is 1. The first-order valence-electron chi connectivity index (χ1n) is 10.7. The third kappa shape index (κ3) is 6.29. The number of rotatable bonds is 8. The Morgan fingerprint density at radius 1 is 0.970 bits per heavy atom. The zero-order valence-electron chi connectivity index (χ0n) is 19.3. The molecule has 0 aliphatic rings. The normalized spacial score (nSPS) is 10.5. The van der Waals surface area contributed by atoms with Crippen LogP contribution in [0.4, 0.5) is 5.69 Å². The lowest BCUT2D eigenvalue weighted by atomic mass is 10.1. The number of anilines is 1. The summed E-state index contributed by atoms with van der Waals surface area (Å²) >= 11 is 0. The van der Waals surface area contributed by atoms with Crippen LogP contribution in [0.15, 0.2) is 48.5 Å². The second-order valence-corrected chi connectivity index (χ2v) is 7.78. The van der Waals surface area contributed by atoms with Crippen LogP contribution in [0.1, 0.15) is 56.6 Å². The number of methoxy groups -OCH3 is 1. The van der Waals surface area contributed by atoms with Gasteiger partial charge in [0.05, 0.1) is 24.9 Å². The van der Waals surface area contributed by atoms with Crippen molar-refractivity contribution < 1.29 is 19.1 Å². The van der Waals surface area contributed by atoms with Gasteiger partial charge in [0.2, 0.25) is 5.91 Å². The van der Waals surface area contributed by atoms with E-state index >= 15 is 0 Å². The summed E-state index contributed by atoms with van der Waals surface area (Å²) in [6.45, 7) is 6.53. The highest BCUT2D eigenvalue weighted by Crippen LogP contribution is 2.17. The highest BCUT2D eigenvalue weighted by atomic mass is 16.5. The molecule has 1 heterocycles. The summed E-state index contributed by atoms with van der Waals surface area (Å²) in [4.78, 5) is 36.4. The maximum absolute atomic E-state index is 12.6. The van der Waals surface area contributed by atoms with E-state index in [1.807, 2.05) is 36.7 Å². The lowest BCUT2D eigenvalue weighted by Crippen LogP contribution is -2.23. The minimum atomic E-state index is -0.520. The molecule has 1 aromatic heterocycles. The van der Waals surface area contributed by atoms with Gasteiger partial charge in [-0.05, 0) is 61.4 Å². The van der Waals surface area contributed by atoms with E-state index in [0.29, 0.717) is 35.3 Å². The maximum Gasteiger partial charge on any atom is 0.337 e. The fourth-order valence-corrected chi connectivity index (χ4v) is 3.41. The number of aromatic nitrogens is 2. The SMILES string of the molecule is CCC(=O)Nc1cc(CNC(=O)c2ccc(Cn3nc(C)cc3C)cc2)cc(C(=O)OC)c1. The Balaban J connectivity index is 1.68. The fourth-order valence-electron chi connectivity index (χ4n) is 3.41. The van der Waals surface area contributed by atoms with Gasteiger partial charge in [-0.15, -0.1) is 0 Å². The Kier molecular flexibility index (Phi) is 7.61. The molecular formula is C25H28N4O4. The second-order valence-electron chi connectivity index (χ2n) is 7.78. The van der Waals surface area contributed by atoms with Crippen LogP contribution in [-0.2, 0) is 22.6 Å². The third-order valence-electron chi connectivity index (χ3n) is 5.12. The predicted molar refractivity (Wildman–Crippen MR) is 125 cm³/mol. The first-order chi connectivity index (χ1) is 15.8. The molecule has 33 heavy (non-hydrogen) atoms. The van der Waals surface area contributed by atoms with Gasteiger partial charge in [0.15, 0.2) is 0 Å². The van der Waals surface area contributed by atoms with E-state index in [1.165, 1.54) is 7.11 Å². The van der Waals surface area contributed by atoms with Gasteiger partial charge in [0.25, 0.3) is 5.91 Å². The van der Waals surface area contributed by atoms with E-state index in [4.69, 9.17) is 4.74 Å². The average Bonchev–Trinajstić information content (AvgIpc) is 3.13. The van der Waals surface area contributed by atoms with Gasteiger partial charge in [0, 0.05) is 29.9 Å². The standard InChI is InChI=1S/C25H28N4O4/c1-5-23(30)27-22-12-19(11-21(13-22)25(32)33-4)14-26-24(31)20-8-6-18(7-9-20)15-29-17(3)10-16(2)28-29/h6-13H,5,14-15H2,1-4H3,(H,26,31)(H,27,30). The average molecular weight is 449 g/mol. The number of hydrogen-bond acceptors (Lipinski definition) is 5. The van der Waals surface area contributed by atoms with Crippen molar-refractivity contribution in [3.63, 3.8) is 0 Å². The minimum Gasteiger partial charge on any atom is -0.465 e. The number of amides is 2. The van der Waals surface area contributed by atoms with Crippen molar-refractivity contribution in [1.82, 2.24) is 15.1 Å². The predicted octanol–water partition coefficient (Wildman–Crippen LogP) is 3.61. The number of nitrogens with zero attached hydrogens (tertiary/aromatic N) is 2. The number of carbonyl (C=O) groups is 3. The molecule has 0 saturated heterocycles. The van der Waals surface area contributed by atoms with E-state index in [9.17, 15) is 14.4 Å². The Hall–Kier alpha value is -3.94. The number of esters is 1. The van der Waals surface area contributed by atoms with Crippen molar-refractivity contribution in [3.8, 4) is 0 Å². The summed E-state index contributed by atoms with van der Waals surface area (Å²) in [5.41, 5.74) is 5.05. The third-order valence-corrected chi connectivity index (χ3v) is 5.12. The van der Waals surface area contributed by atoms with Crippen LogP contribution >= 0.6 is 0 Å². The van der Waals surface area contributed by atoms with Crippen molar-refractivity contribution in [1.29, 1.82) is 0 Å². The molecule has 0 radical (unpaired) electrons. The molecule has 0 spiro atoms. The van der Waals surface area contributed by atoms with Gasteiger partial charge >= 0.3 is 5.97 Å². The molecule has 0 aliphatic heterocycles. The van der Waals surface area contributed by atoms with Crippen LogP contribution in [0.25, 0.3) is 0 Å². The highest BCUT2D eigenvalue weighted by Gasteiger charge is 2.12. The van der Waals surface area contributed by atoms with Crippen LogP contribution in [0.5, 0.6) is 0 Å². The molecule has 2 N–H and O–H groups in total. The minimum absolute atomic E-state index is 0.174. The van der Waals surface area contributed by atoms with E-state index < -0.39 is 5.97 Å². The van der Waals surface area contributed by atoms with Gasteiger partial charge in [0.1, 0.15) is 0 Å². The Bertz CT molecular complexity index is 1170. The molecule has 0 fully saturated rings. The van der Waals surface area contributed by atoms with Crippen LogP contribution in [0.2, 0.25) is 0 Å². The molecule has 0 atom stereocenters. The molecule has 3 rings (SSSR count). The second kappa shape index (κ2) is 10.6. The van der Waals surface area contributed by atoms with Crippen molar-refractivity contribution >= 4 is 23.5 Å². The summed E-state index contributed by atoms with van der Waals surface area (Å²) in [6, 6.07) is 14.3. The molecule has 172 valence electrons. The Morgan fingerprint density at radius 2 is 1.70 bits per heavy atom. The Labute approximate surface area is 193 Å². The molecule has 3 aromatic rings. The summed E-state index contributed by atoms with van der Waals surface area (Å²) in [5.74, 6) is -0.934. The van der Waals surface area contributed by atoms with Gasteiger partial charge in [-0.2, -0.15) is 5.10 Å². The summed E-state index contributed by atoms with van der Waals surface area (Å²) in [7, 11) is 1.29. The molecule has 2 amide bonds. The first-order valence-corrected chi connectivity index (χ1v) is 10.7. The lowest BCUT2D eigenvalue weighted by Gasteiger charge is -2.11. The number of benzene rings is 2. The van der Waals surface area contributed by atoms with Crippen LogP contribution in [0.3, 0.4) is 0 Å². The van der Waals surface area contributed by atoms with E-state index in [-0.39, 0.29) is 18.4 Å². The largest absolute Gasteiger partial charge is 0.465 e. The molecule has 0 unspecified atom stereocenters.